The quantitative estimate of drug-likeness (QED) is 0.846. The Morgan fingerprint density at radius 2 is 2.20 bits per heavy atom. The van der Waals surface area contributed by atoms with Gasteiger partial charge in [-0.2, -0.15) is 8.42 Å². The van der Waals surface area contributed by atoms with E-state index in [0.717, 1.165) is 24.8 Å². The van der Waals surface area contributed by atoms with E-state index in [1.54, 1.807) is 19.2 Å². The smallest absolute Gasteiger partial charge is 0.286 e. The van der Waals surface area contributed by atoms with E-state index in [9.17, 15) is 8.42 Å². The Morgan fingerprint density at radius 3 is 2.90 bits per heavy atom. The number of amidine groups is 1. The summed E-state index contributed by atoms with van der Waals surface area (Å²) in [4.78, 5) is 0.257. The molecule has 0 saturated heterocycles. The van der Waals surface area contributed by atoms with Crippen LogP contribution in [0.25, 0.3) is 0 Å². The number of fused-ring (bicyclic) bond motifs is 1. The Balaban J connectivity index is 2.28. The van der Waals surface area contributed by atoms with E-state index >= 15 is 0 Å². The molecule has 0 fully saturated rings. The fourth-order valence-electron chi connectivity index (χ4n) is 1.89. The molecule has 20 heavy (non-hydrogen) atoms. The Labute approximate surface area is 123 Å². The summed E-state index contributed by atoms with van der Waals surface area (Å²) in [6, 6.07) is 5.48. The second-order valence-electron chi connectivity index (χ2n) is 4.48. The number of nitrogens with one attached hydrogen (secondary N) is 1. The van der Waals surface area contributed by atoms with E-state index in [4.69, 9.17) is 4.74 Å². The van der Waals surface area contributed by atoms with Crippen molar-refractivity contribution in [3.8, 4) is 0 Å². The summed E-state index contributed by atoms with van der Waals surface area (Å²) in [6.07, 6.45) is 3.01. The lowest BCUT2D eigenvalue weighted by Gasteiger charge is -2.18. The first kappa shape index (κ1) is 15.3. The van der Waals surface area contributed by atoms with Gasteiger partial charge in [-0.25, -0.2) is 0 Å². The molecule has 0 radical (unpaired) electrons. The third-order valence-electron chi connectivity index (χ3n) is 2.90. The van der Waals surface area contributed by atoms with E-state index in [-0.39, 0.29) is 4.90 Å². The zero-order valence-corrected chi connectivity index (χ0v) is 13.2. The van der Waals surface area contributed by atoms with Crippen LogP contribution >= 0.6 is 11.8 Å². The van der Waals surface area contributed by atoms with E-state index in [0.29, 0.717) is 16.8 Å². The molecule has 1 aliphatic rings. The molecular formula is C13H18N2O3S2. The van der Waals surface area contributed by atoms with Crippen LogP contribution in [-0.4, -0.2) is 26.6 Å². The van der Waals surface area contributed by atoms with Gasteiger partial charge in [0, 0.05) is 7.11 Å². The summed E-state index contributed by atoms with van der Waals surface area (Å²) >= 11 is 1.22. The van der Waals surface area contributed by atoms with Crippen molar-refractivity contribution in [3.05, 3.63) is 23.8 Å². The third-order valence-corrected chi connectivity index (χ3v) is 5.15. The highest BCUT2D eigenvalue weighted by Crippen LogP contribution is 2.30. The van der Waals surface area contributed by atoms with Crippen LogP contribution in [-0.2, 0) is 21.2 Å². The Bertz CT molecular complexity index is 612. The molecule has 0 spiro atoms. The largest absolute Gasteiger partial charge is 0.374 e. The van der Waals surface area contributed by atoms with Crippen molar-refractivity contribution in [1.82, 2.24) is 0 Å². The van der Waals surface area contributed by atoms with Crippen LogP contribution in [0.5, 0.6) is 0 Å². The highest BCUT2D eigenvalue weighted by molar-refractivity contribution is 8.14. The van der Waals surface area contributed by atoms with Crippen LogP contribution in [0, 0.1) is 0 Å². The molecule has 2 rings (SSSR count). The number of hydrogen-bond acceptors (Lipinski definition) is 5. The van der Waals surface area contributed by atoms with E-state index in [1.807, 2.05) is 6.07 Å². The van der Waals surface area contributed by atoms with E-state index in [2.05, 4.69) is 16.6 Å². The van der Waals surface area contributed by atoms with Crippen LogP contribution in [0.2, 0.25) is 0 Å². The van der Waals surface area contributed by atoms with Crippen LogP contribution in [0.4, 0.5) is 5.69 Å². The standard InChI is InChI=1S/C13H18N2O3S2/c1-3-4-5-10-6-7-11-12(8-10)20(16,17)15-13(14-11)19-9-18-2/h6-8H,3-5,9H2,1-2H3,(H,14,15). The second-order valence-corrected chi connectivity index (χ2v) is 6.97. The lowest BCUT2D eigenvalue weighted by atomic mass is 10.1. The molecule has 0 saturated carbocycles. The maximum atomic E-state index is 12.2. The third kappa shape index (κ3) is 3.53. The highest BCUT2D eigenvalue weighted by Gasteiger charge is 2.25. The summed E-state index contributed by atoms with van der Waals surface area (Å²) in [6.45, 7) is 2.11. The zero-order chi connectivity index (χ0) is 14.6. The number of sulfonamides is 1. The predicted molar refractivity (Wildman–Crippen MR) is 82.8 cm³/mol. The van der Waals surface area contributed by atoms with Gasteiger partial charge in [-0.15, -0.1) is 4.40 Å². The number of thioether (sulfide) groups is 1. The minimum absolute atomic E-state index is 0.257. The molecule has 1 aromatic rings. The lowest BCUT2D eigenvalue weighted by molar-refractivity contribution is 0.259. The summed E-state index contributed by atoms with van der Waals surface area (Å²) in [5.74, 6) is 0.352. The zero-order valence-electron chi connectivity index (χ0n) is 11.5. The maximum Gasteiger partial charge on any atom is 0.286 e. The Hall–Kier alpha value is -1.05. The van der Waals surface area contributed by atoms with Gasteiger partial charge in [0.25, 0.3) is 10.0 Å². The summed E-state index contributed by atoms with van der Waals surface area (Å²) < 4.78 is 33.1. The molecule has 1 aliphatic heterocycles. The van der Waals surface area contributed by atoms with Crippen molar-refractivity contribution in [2.24, 2.45) is 4.40 Å². The molecule has 1 aromatic carbocycles. The number of rotatable bonds is 5. The fourth-order valence-corrected chi connectivity index (χ4v) is 3.87. The highest BCUT2D eigenvalue weighted by atomic mass is 32.2. The minimum atomic E-state index is -3.62. The molecule has 0 aliphatic carbocycles. The molecule has 1 heterocycles. The molecule has 0 bridgehead atoms. The molecule has 0 amide bonds. The molecule has 0 unspecified atom stereocenters. The monoisotopic (exact) mass is 314 g/mol. The molecule has 1 N–H and O–H groups in total. The summed E-state index contributed by atoms with van der Waals surface area (Å²) in [7, 11) is -2.07. The van der Waals surface area contributed by atoms with Crippen molar-refractivity contribution in [2.75, 3.05) is 18.4 Å². The fraction of sp³-hybridized carbons (Fsp3) is 0.462. The Kier molecular flexibility index (Phi) is 5.06. The second kappa shape index (κ2) is 6.60. The number of ether oxygens (including phenoxy) is 1. The van der Waals surface area contributed by atoms with Crippen LogP contribution < -0.4 is 5.32 Å². The number of hydrogen-bond donors (Lipinski definition) is 1. The summed E-state index contributed by atoms with van der Waals surface area (Å²) in [5.41, 5.74) is 1.61. The first-order valence-electron chi connectivity index (χ1n) is 6.43. The first-order chi connectivity index (χ1) is 9.56. The molecular weight excluding hydrogens is 296 g/mol. The molecule has 0 aromatic heterocycles. The number of aryl methyl sites for hydroxylation is 1. The number of methoxy groups -OCH3 is 1. The van der Waals surface area contributed by atoms with Crippen LogP contribution in [0.3, 0.4) is 0 Å². The normalized spacial score (nSPS) is 16.2. The first-order valence-corrected chi connectivity index (χ1v) is 8.86. The van der Waals surface area contributed by atoms with Crippen molar-refractivity contribution in [1.29, 1.82) is 0 Å². The van der Waals surface area contributed by atoms with Crippen molar-refractivity contribution >= 4 is 32.6 Å². The van der Waals surface area contributed by atoms with Crippen molar-refractivity contribution < 1.29 is 13.2 Å². The summed E-state index contributed by atoms with van der Waals surface area (Å²) in [5, 5.41) is 3.37. The minimum Gasteiger partial charge on any atom is -0.374 e. The average Bonchev–Trinajstić information content (AvgIpc) is 2.42. The van der Waals surface area contributed by atoms with Gasteiger partial charge in [-0.3, -0.25) is 0 Å². The molecule has 5 nitrogen and oxygen atoms in total. The number of anilines is 1. The lowest BCUT2D eigenvalue weighted by Crippen LogP contribution is -2.19. The van der Waals surface area contributed by atoms with Crippen molar-refractivity contribution in [3.63, 3.8) is 0 Å². The van der Waals surface area contributed by atoms with Gasteiger partial charge < -0.3 is 10.1 Å². The Morgan fingerprint density at radius 1 is 1.40 bits per heavy atom. The van der Waals surface area contributed by atoms with E-state index < -0.39 is 10.0 Å². The number of nitrogens with zero attached hydrogens (tertiary/aromatic N) is 1. The number of benzene rings is 1. The van der Waals surface area contributed by atoms with Crippen molar-refractivity contribution in [2.45, 2.75) is 31.1 Å². The van der Waals surface area contributed by atoms with Gasteiger partial charge >= 0.3 is 0 Å². The number of unbranched alkanes of at least 4 members (excludes halogenated alkanes) is 1. The van der Waals surface area contributed by atoms with Gasteiger partial charge in [-0.1, -0.05) is 31.2 Å². The maximum absolute atomic E-state index is 12.2. The van der Waals surface area contributed by atoms with Gasteiger partial charge in [0.15, 0.2) is 5.17 Å². The molecule has 0 atom stereocenters. The van der Waals surface area contributed by atoms with Crippen LogP contribution in [0.15, 0.2) is 27.5 Å². The van der Waals surface area contributed by atoms with Gasteiger partial charge in [0.1, 0.15) is 4.90 Å². The average molecular weight is 314 g/mol. The van der Waals surface area contributed by atoms with Gasteiger partial charge in [0.2, 0.25) is 0 Å². The van der Waals surface area contributed by atoms with Crippen LogP contribution in [0.1, 0.15) is 25.3 Å². The van der Waals surface area contributed by atoms with E-state index in [1.165, 1.54) is 11.8 Å². The predicted octanol–water partition coefficient (Wildman–Crippen LogP) is 2.84. The molecule has 7 heteroatoms. The molecule has 110 valence electrons. The van der Waals surface area contributed by atoms with Gasteiger partial charge in [0.05, 0.1) is 11.6 Å². The topological polar surface area (TPSA) is 67.8 Å². The SMILES string of the molecule is CCCCc1ccc2c(c1)S(=O)(=O)N=C(SCOC)N2. The van der Waals surface area contributed by atoms with Gasteiger partial charge in [-0.05, 0) is 30.5 Å².